The summed E-state index contributed by atoms with van der Waals surface area (Å²) in [5.41, 5.74) is -0.123. The Labute approximate surface area is 105 Å². The summed E-state index contributed by atoms with van der Waals surface area (Å²) in [6, 6.07) is 0. The largest absolute Gasteiger partial charge is 0.477 e. The van der Waals surface area contributed by atoms with Gasteiger partial charge in [0.1, 0.15) is 0 Å². The fraction of sp³-hybridized carbons (Fsp3) is 0.727. The summed E-state index contributed by atoms with van der Waals surface area (Å²) in [5.74, 6) is -1.42. The minimum Gasteiger partial charge on any atom is -0.477 e. The molecule has 2 N–H and O–H groups in total. The van der Waals surface area contributed by atoms with Crippen LogP contribution in [0.5, 0.6) is 0 Å². The molecule has 0 radical (unpaired) electrons. The zero-order chi connectivity index (χ0) is 13.5. The summed E-state index contributed by atoms with van der Waals surface area (Å²) >= 11 is 0. The second-order valence-electron chi connectivity index (χ2n) is 4.19. The molecule has 1 heterocycles. The number of carboxylic acids is 1. The average Bonchev–Trinajstić information content (AvgIpc) is 2.83. The molecule has 1 atom stereocenters. The molecule has 0 aromatic carbocycles. The first-order valence-electron chi connectivity index (χ1n) is 5.88. The van der Waals surface area contributed by atoms with E-state index in [-0.39, 0.29) is 24.6 Å². The monoisotopic (exact) mass is 258 g/mol. The van der Waals surface area contributed by atoms with Crippen LogP contribution < -0.4 is 0 Å². The Bertz CT molecular complexity index is 342. The van der Waals surface area contributed by atoms with E-state index in [1.807, 2.05) is 0 Å². The van der Waals surface area contributed by atoms with Gasteiger partial charge < -0.3 is 20.0 Å². The number of unbranched alkanes of at least 4 members (excludes halogenated alkanes) is 2. The van der Waals surface area contributed by atoms with Crippen molar-refractivity contribution in [2.45, 2.75) is 31.8 Å². The Hall–Kier alpha value is -1.63. The minimum absolute atomic E-state index is 0.00907. The predicted molar refractivity (Wildman–Crippen MR) is 63.1 cm³/mol. The highest BCUT2D eigenvalue weighted by Gasteiger charge is 2.33. The van der Waals surface area contributed by atoms with Gasteiger partial charge in [-0.3, -0.25) is 4.79 Å². The lowest BCUT2D eigenvalue weighted by Gasteiger charge is -2.19. The number of amides is 1. The summed E-state index contributed by atoms with van der Waals surface area (Å²) in [4.78, 5) is 28.8. The van der Waals surface area contributed by atoms with Crippen LogP contribution in [-0.4, -0.2) is 59.0 Å². The number of rotatable bonds is 7. The number of oxime groups is 1. The zero-order valence-electron chi connectivity index (χ0n) is 10.3. The van der Waals surface area contributed by atoms with Crippen molar-refractivity contribution in [3.05, 3.63) is 0 Å². The molecular weight excluding hydrogens is 240 g/mol. The summed E-state index contributed by atoms with van der Waals surface area (Å²) in [5, 5.41) is 20.7. The topological polar surface area (TPSA) is 99.4 Å². The minimum atomic E-state index is -1.16. The quantitative estimate of drug-likeness (QED) is 0.618. The lowest BCUT2D eigenvalue weighted by molar-refractivity contribution is -0.140. The maximum atomic E-state index is 11.9. The molecule has 7 nitrogen and oxygen atoms in total. The van der Waals surface area contributed by atoms with E-state index in [1.165, 1.54) is 4.90 Å². The van der Waals surface area contributed by atoms with Crippen LogP contribution in [0.25, 0.3) is 0 Å². The van der Waals surface area contributed by atoms with Gasteiger partial charge in [-0.25, -0.2) is 4.79 Å². The van der Waals surface area contributed by atoms with Crippen LogP contribution in [0.2, 0.25) is 0 Å². The van der Waals surface area contributed by atoms with E-state index in [9.17, 15) is 9.59 Å². The zero-order valence-corrected chi connectivity index (χ0v) is 10.3. The lowest BCUT2D eigenvalue weighted by Crippen LogP contribution is -2.37. The van der Waals surface area contributed by atoms with Gasteiger partial charge in [-0.15, -0.1) is 0 Å². The number of aliphatic carboxylic acids is 1. The molecule has 18 heavy (non-hydrogen) atoms. The summed E-state index contributed by atoms with van der Waals surface area (Å²) in [7, 11) is 1.64. The summed E-state index contributed by atoms with van der Waals surface area (Å²) in [6.07, 6.45) is 1.54. The standard InChI is InChI=1S/C11H18N2O5/c1-13(5-3-2-4-6-14)10(15)9-7-8(11(16)17)12-18-9/h9,14H,2-7H2,1H3,(H,16,17). The predicted octanol–water partition coefficient (Wildman–Crippen LogP) is -0.163. The van der Waals surface area contributed by atoms with E-state index in [4.69, 9.17) is 15.1 Å². The van der Waals surface area contributed by atoms with E-state index >= 15 is 0 Å². The van der Waals surface area contributed by atoms with E-state index < -0.39 is 12.1 Å². The Morgan fingerprint density at radius 2 is 2.17 bits per heavy atom. The van der Waals surface area contributed by atoms with Gasteiger partial charge in [-0.2, -0.15) is 0 Å². The van der Waals surface area contributed by atoms with Crippen molar-refractivity contribution in [2.75, 3.05) is 20.2 Å². The molecule has 1 amide bonds. The number of carboxylic acid groups (broad SMARTS) is 1. The van der Waals surface area contributed by atoms with Gasteiger partial charge in [0.25, 0.3) is 5.91 Å². The van der Waals surface area contributed by atoms with Crippen LogP contribution in [0, 0.1) is 0 Å². The first-order valence-corrected chi connectivity index (χ1v) is 5.88. The number of carbonyl (C=O) groups is 2. The number of carbonyl (C=O) groups excluding carboxylic acids is 1. The molecule has 0 aromatic rings. The second-order valence-corrected chi connectivity index (χ2v) is 4.19. The molecule has 1 unspecified atom stereocenters. The van der Waals surface area contributed by atoms with Crippen molar-refractivity contribution in [2.24, 2.45) is 5.16 Å². The normalized spacial score (nSPS) is 18.1. The van der Waals surface area contributed by atoms with Crippen molar-refractivity contribution >= 4 is 17.6 Å². The fourth-order valence-electron chi connectivity index (χ4n) is 1.63. The van der Waals surface area contributed by atoms with E-state index in [1.54, 1.807) is 7.05 Å². The third-order valence-electron chi connectivity index (χ3n) is 2.72. The molecule has 1 rings (SSSR count). The van der Waals surface area contributed by atoms with Gasteiger partial charge in [0, 0.05) is 26.6 Å². The van der Waals surface area contributed by atoms with Crippen molar-refractivity contribution in [1.82, 2.24) is 4.90 Å². The summed E-state index contributed by atoms with van der Waals surface area (Å²) < 4.78 is 0. The van der Waals surface area contributed by atoms with Gasteiger partial charge >= 0.3 is 5.97 Å². The van der Waals surface area contributed by atoms with Crippen LogP contribution in [0.15, 0.2) is 5.16 Å². The molecule has 0 bridgehead atoms. The number of likely N-dealkylation sites (N-methyl/N-ethyl adjacent to an activating group) is 1. The molecule has 102 valence electrons. The first-order chi connectivity index (χ1) is 8.56. The van der Waals surface area contributed by atoms with Crippen LogP contribution in [-0.2, 0) is 14.4 Å². The molecular formula is C11H18N2O5. The van der Waals surface area contributed by atoms with Crippen LogP contribution in [0.3, 0.4) is 0 Å². The van der Waals surface area contributed by atoms with E-state index in [2.05, 4.69) is 5.16 Å². The molecule has 0 fully saturated rings. The SMILES string of the molecule is CN(CCCCCO)C(=O)C1CC(C(=O)O)=NO1. The molecule has 0 aromatic heterocycles. The Balaban J connectivity index is 2.31. The van der Waals surface area contributed by atoms with Gasteiger partial charge in [0.05, 0.1) is 0 Å². The van der Waals surface area contributed by atoms with Gasteiger partial charge in [0.2, 0.25) is 6.10 Å². The molecule has 0 saturated carbocycles. The highest BCUT2D eigenvalue weighted by Crippen LogP contribution is 2.13. The van der Waals surface area contributed by atoms with Gasteiger partial charge in [0.15, 0.2) is 5.71 Å². The molecule has 7 heteroatoms. The van der Waals surface area contributed by atoms with Crippen LogP contribution >= 0.6 is 0 Å². The lowest BCUT2D eigenvalue weighted by atomic mass is 10.1. The third-order valence-corrected chi connectivity index (χ3v) is 2.72. The number of hydrogen-bond donors (Lipinski definition) is 2. The van der Waals surface area contributed by atoms with Gasteiger partial charge in [-0.1, -0.05) is 5.16 Å². The Morgan fingerprint density at radius 3 is 2.72 bits per heavy atom. The van der Waals surface area contributed by atoms with Crippen LogP contribution in [0.1, 0.15) is 25.7 Å². The second kappa shape index (κ2) is 6.95. The first kappa shape index (κ1) is 14.4. The van der Waals surface area contributed by atoms with E-state index in [0.717, 1.165) is 12.8 Å². The number of aliphatic hydroxyl groups is 1. The van der Waals surface area contributed by atoms with Crippen molar-refractivity contribution in [3.8, 4) is 0 Å². The number of nitrogens with zero attached hydrogens (tertiary/aromatic N) is 2. The molecule has 1 aliphatic heterocycles. The summed E-state index contributed by atoms with van der Waals surface area (Å²) in [6.45, 7) is 0.709. The Morgan fingerprint density at radius 1 is 1.44 bits per heavy atom. The van der Waals surface area contributed by atoms with Crippen molar-refractivity contribution in [3.63, 3.8) is 0 Å². The number of hydrogen-bond acceptors (Lipinski definition) is 5. The van der Waals surface area contributed by atoms with Gasteiger partial charge in [-0.05, 0) is 19.3 Å². The average molecular weight is 258 g/mol. The third kappa shape index (κ3) is 3.99. The van der Waals surface area contributed by atoms with Crippen LogP contribution in [0.4, 0.5) is 0 Å². The molecule has 0 aliphatic carbocycles. The Kier molecular flexibility index (Phi) is 5.57. The highest BCUT2D eigenvalue weighted by atomic mass is 16.6. The van der Waals surface area contributed by atoms with Crippen molar-refractivity contribution in [1.29, 1.82) is 0 Å². The van der Waals surface area contributed by atoms with E-state index in [0.29, 0.717) is 13.0 Å². The van der Waals surface area contributed by atoms with Crippen molar-refractivity contribution < 1.29 is 24.6 Å². The molecule has 0 saturated heterocycles. The maximum absolute atomic E-state index is 11.9. The highest BCUT2D eigenvalue weighted by molar-refractivity contribution is 6.36. The molecule has 0 spiro atoms. The number of aliphatic hydroxyl groups excluding tert-OH is 1. The maximum Gasteiger partial charge on any atom is 0.353 e. The molecule has 1 aliphatic rings. The fourth-order valence-corrected chi connectivity index (χ4v) is 1.63. The smallest absolute Gasteiger partial charge is 0.353 e.